The largest absolute Gasteiger partial charge is 0.334 e. The molecule has 30 heavy (non-hydrogen) atoms. The lowest BCUT2D eigenvalue weighted by atomic mass is 9.93. The van der Waals surface area contributed by atoms with Crippen LogP contribution in [0, 0.1) is 6.92 Å². The van der Waals surface area contributed by atoms with Crippen LogP contribution in [-0.4, -0.2) is 44.1 Å². The number of carbonyl (C=O) groups is 1. The van der Waals surface area contributed by atoms with Gasteiger partial charge in [-0.15, -0.1) is 5.10 Å². The van der Waals surface area contributed by atoms with E-state index in [4.69, 9.17) is 0 Å². The molecule has 0 N–H and O–H groups in total. The Bertz CT molecular complexity index is 1080. The lowest BCUT2D eigenvalue weighted by molar-refractivity contribution is 0.0992. The van der Waals surface area contributed by atoms with Gasteiger partial charge in [0.2, 0.25) is 0 Å². The van der Waals surface area contributed by atoms with E-state index < -0.39 is 0 Å². The van der Waals surface area contributed by atoms with E-state index in [2.05, 4.69) is 44.4 Å². The molecule has 0 spiro atoms. The van der Waals surface area contributed by atoms with Crippen molar-refractivity contribution in [2.75, 3.05) is 18.0 Å². The van der Waals surface area contributed by atoms with Crippen LogP contribution in [0.1, 0.15) is 47.4 Å². The fourth-order valence-electron chi connectivity index (χ4n) is 3.75. The standard InChI is InChI=1S/C23H26N6O/c1-4-29-26-23(25-27-29)28-13-11-16(2)21(15-28)19-9-7-18(8-10-19)14-22(30)20-6-5-12-24-17(20)3/h5-10,12H,4,11,13-15H2,1-3H3. The van der Waals surface area contributed by atoms with Crippen molar-refractivity contribution in [3.63, 3.8) is 0 Å². The van der Waals surface area contributed by atoms with Crippen molar-refractivity contribution in [3.8, 4) is 0 Å². The van der Waals surface area contributed by atoms with Crippen LogP contribution in [0.15, 0.2) is 48.2 Å². The predicted octanol–water partition coefficient (Wildman–Crippen LogP) is 3.51. The summed E-state index contributed by atoms with van der Waals surface area (Å²) < 4.78 is 0. The molecule has 1 aliphatic rings. The van der Waals surface area contributed by atoms with Gasteiger partial charge in [-0.05, 0) is 61.2 Å². The fourth-order valence-corrected chi connectivity index (χ4v) is 3.75. The highest BCUT2D eigenvalue weighted by Crippen LogP contribution is 2.28. The molecule has 3 aromatic rings. The summed E-state index contributed by atoms with van der Waals surface area (Å²) in [6.45, 7) is 8.41. The maximum Gasteiger partial charge on any atom is 0.266 e. The van der Waals surface area contributed by atoms with Gasteiger partial charge in [0.05, 0.1) is 6.54 Å². The van der Waals surface area contributed by atoms with Gasteiger partial charge in [-0.1, -0.05) is 34.9 Å². The third-order valence-electron chi connectivity index (χ3n) is 5.60. The molecular weight excluding hydrogens is 376 g/mol. The molecule has 0 fully saturated rings. The van der Waals surface area contributed by atoms with Crippen LogP contribution >= 0.6 is 0 Å². The number of aromatic nitrogens is 5. The lowest BCUT2D eigenvalue weighted by Gasteiger charge is -2.29. The Kier molecular flexibility index (Phi) is 5.70. The Balaban J connectivity index is 1.48. The van der Waals surface area contributed by atoms with Crippen LogP contribution in [0.2, 0.25) is 0 Å². The smallest absolute Gasteiger partial charge is 0.266 e. The summed E-state index contributed by atoms with van der Waals surface area (Å²) in [7, 11) is 0. The maximum absolute atomic E-state index is 12.6. The molecule has 0 aliphatic carbocycles. The molecule has 2 aromatic heterocycles. The number of benzene rings is 1. The summed E-state index contributed by atoms with van der Waals surface area (Å²) >= 11 is 0. The number of aryl methyl sites for hydroxylation is 2. The topological polar surface area (TPSA) is 76.8 Å². The van der Waals surface area contributed by atoms with Crippen molar-refractivity contribution in [2.45, 2.75) is 40.2 Å². The maximum atomic E-state index is 12.6. The number of anilines is 1. The molecule has 0 saturated carbocycles. The summed E-state index contributed by atoms with van der Waals surface area (Å²) in [6.07, 6.45) is 3.06. The molecule has 4 rings (SSSR count). The Labute approximate surface area is 176 Å². The van der Waals surface area contributed by atoms with Crippen LogP contribution in [0.4, 0.5) is 5.95 Å². The molecule has 0 saturated heterocycles. The molecule has 1 aliphatic heterocycles. The molecule has 7 nitrogen and oxygen atoms in total. The van der Waals surface area contributed by atoms with E-state index in [1.165, 1.54) is 16.7 Å². The summed E-state index contributed by atoms with van der Waals surface area (Å²) in [6, 6.07) is 12.0. The van der Waals surface area contributed by atoms with Crippen LogP contribution in [-0.2, 0) is 13.0 Å². The van der Waals surface area contributed by atoms with Gasteiger partial charge in [0.1, 0.15) is 0 Å². The number of carbonyl (C=O) groups excluding carboxylic acids is 1. The molecule has 0 unspecified atom stereocenters. The van der Waals surface area contributed by atoms with Gasteiger partial charge in [0.15, 0.2) is 5.78 Å². The van der Waals surface area contributed by atoms with Gasteiger partial charge < -0.3 is 4.90 Å². The van der Waals surface area contributed by atoms with E-state index in [0.717, 1.165) is 30.8 Å². The monoisotopic (exact) mass is 402 g/mol. The number of hydrogen-bond donors (Lipinski definition) is 0. The average Bonchev–Trinajstić information content (AvgIpc) is 3.24. The number of rotatable bonds is 6. The highest BCUT2D eigenvalue weighted by atomic mass is 16.1. The minimum absolute atomic E-state index is 0.0951. The molecule has 0 bridgehead atoms. The van der Waals surface area contributed by atoms with Gasteiger partial charge in [-0.3, -0.25) is 9.78 Å². The summed E-state index contributed by atoms with van der Waals surface area (Å²) in [5, 5.41) is 12.7. The molecule has 0 amide bonds. The van der Waals surface area contributed by atoms with Crippen molar-refractivity contribution in [1.82, 2.24) is 25.2 Å². The van der Waals surface area contributed by atoms with E-state index in [1.54, 1.807) is 17.1 Å². The molecular formula is C23H26N6O. The van der Waals surface area contributed by atoms with Crippen LogP contribution in [0.5, 0.6) is 0 Å². The van der Waals surface area contributed by atoms with Crippen molar-refractivity contribution in [1.29, 1.82) is 0 Å². The van der Waals surface area contributed by atoms with Gasteiger partial charge in [-0.2, -0.15) is 4.80 Å². The number of hydrogen-bond acceptors (Lipinski definition) is 6. The van der Waals surface area contributed by atoms with Crippen LogP contribution in [0.3, 0.4) is 0 Å². The third-order valence-corrected chi connectivity index (χ3v) is 5.60. The minimum atomic E-state index is 0.0951. The van der Waals surface area contributed by atoms with E-state index in [0.29, 0.717) is 24.5 Å². The third kappa shape index (κ3) is 4.15. The average molecular weight is 403 g/mol. The van der Waals surface area contributed by atoms with E-state index in [1.807, 2.05) is 32.0 Å². The van der Waals surface area contributed by atoms with Crippen molar-refractivity contribution in [2.24, 2.45) is 0 Å². The van der Waals surface area contributed by atoms with Crippen LogP contribution < -0.4 is 4.90 Å². The van der Waals surface area contributed by atoms with E-state index in [9.17, 15) is 4.79 Å². The molecule has 0 atom stereocenters. The number of pyridine rings is 1. The van der Waals surface area contributed by atoms with Gasteiger partial charge >= 0.3 is 0 Å². The predicted molar refractivity (Wildman–Crippen MR) is 116 cm³/mol. The fraction of sp³-hybridized carbons (Fsp3) is 0.348. The first kappa shape index (κ1) is 19.9. The van der Waals surface area contributed by atoms with Crippen molar-refractivity contribution < 1.29 is 4.79 Å². The normalized spacial score (nSPS) is 14.3. The Morgan fingerprint density at radius 2 is 1.93 bits per heavy atom. The first-order valence-electron chi connectivity index (χ1n) is 10.3. The van der Waals surface area contributed by atoms with Gasteiger partial charge in [0.25, 0.3) is 5.95 Å². The van der Waals surface area contributed by atoms with Gasteiger partial charge in [-0.25, -0.2) is 0 Å². The number of Topliss-reactive ketones (excluding diaryl/α,β-unsaturated/α-hetero) is 1. The zero-order valence-electron chi connectivity index (χ0n) is 17.7. The lowest BCUT2D eigenvalue weighted by Crippen LogP contribution is -2.31. The quantitative estimate of drug-likeness (QED) is 0.587. The van der Waals surface area contributed by atoms with E-state index >= 15 is 0 Å². The molecule has 1 aromatic carbocycles. The second-order valence-electron chi connectivity index (χ2n) is 7.64. The Hall–Kier alpha value is -3.35. The zero-order chi connectivity index (χ0) is 21.1. The van der Waals surface area contributed by atoms with Crippen LogP contribution in [0.25, 0.3) is 5.57 Å². The number of tetrazole rings is 1. The highest BCUT2D eigenvalue weighted by molar-refractivity contribution is 5.98. The molecule has 154 valence electrons. The molecule has 3 heterocycles. The SMILES string of the molecule is CCn1nnc(N2CCC(C)=C(c3ccc(CC(=O)c4cccnc4C)cc3)C2)n1. The summed E-state index contributed by atoms with van der Waals surface area (Å²) in [5.41, 5.74) is 6.31. The first-order valence-corrected chi connectivity index (χ1v) is 10.3. The van der Waals surface area contributed by atoms with Gasteiger partial charge in [0, 0.05) is 37.0 Å². The highest BCUT2D eigenvalue weighted by Gasteiger charge is 2.21. The van der Waals surface area contributed by atoms with E-state index in [-0.39, 0.29) is 5.78 Å². The molecule has 0 radical (unpaired) electrons. The summed E-state index contributed by atoms with van der Waals surface area (Å²) in [4.78, 5) is 20.6. The Morgan fingerprint density at radius 3 is 2.63 bits per heavy atom. The molecule has 7 heteroatoms. The second-order valence-corrected chi connectivity index (χ2v) is 7.64. The minimum Gasteiger partial charge on any atom is -0.334 e. The van der Waals surface area contributed by atoms with Crippen molar-refractivity contribution in [3.05, 3.63) is 70.6 Å². The summed E-state index contributed by atoms with van der Waals surface area (Å²) in [5.74, 6) is 0.772. The zero-order valence-corrected chi connectivity index (χ0v) is 17.7. The Morgan fingerprint density at radius 1 is 1.13 bits per heavy atom. The first-order chi connectivity index (χ1) is 14.5. The number of nitrogens with zero attached hydrogens (tertiary/aromatic N) is 6. The number of ketones is 1. The van der Waals surface area contributed by atoms with Crippen molar-refractivity contribution >= 4 is 17.3 Å². The second kappa shape index (κ2) is 8.57.